The van der Waals surface area contributed by atoms with Crippen molar-refractivity contribution in [1.82, 2.24) is 10.1 Å². The highest BCUT2D eigenvalue weighted by molar-refractivity contribution is 5.99. The van der Waals surface area contributed by atoms with Crippen LogP contribution in [0.15, 0.2) is 83.4 Å². The molecule has 0 fully saturated rings. The summed E-state index contributed by atoms with van der Waals surface area (Å²) < 4.78 is 10.8. The third-order valence-electron chi connectivity index (χ3n) is 4.26. The summed E-state index contributed by atoms with van der Waals surface area (Å²) in [6.45, 7) is 0.185. The predicted molar refractivity (Wildman–Crippen MR) is 119 cm³/mol. The summed E-state index contributed by atoms with van der Waals surface area (Å²) in [7, 11) is 0. The molecule has 1 aromatic heterocycles. The van der Waals surface area contributed by atoms with Gasteiger partial charge in [0.15, 0.2) is 0 Å². The zero-order valence-corrected chi connectivity index (χ0v) is 16.4. The van der Waals surface area contributed by atoms with Crippen LogP contribution in [0.25, 0.3) is 22.8 Å². The van der Waals surface area contributed by atoms with Gasteiger partial charge in [0.2, 0.25) is 5.82 Å². The minimum absolute atomic E-state index is 0.185. The van der Waals surface area contributed by atoms with Gasteiger partial charge in [0.1, 0.15) is 12.4 Å². The Hall–Kier alpha value is -4.57. The van der Waals surface area contributed by atoms with Gasteiger partial charge in [0.05, 0.1) is 0 Å². The van der Waals surface area contributed by atoms with Crippen LogP contribution < -0.4 is 15.4 Å². The topological polar surface area (TPSA) is 89.3 Å². The van der Waals surface area contributed by atoms with Crippen molar-refractivity contribution in [2.24, 2.45) is 0 Å². The summed E-state index contributed by atoms with van der Waals surface area (Å²) in [6.07, 6.45) is 5.22. The number of carbonyl (C=O) groups is 1. The first-order valence-electron chi connectivity index (χ1n) is 9.45. The maximum absolute atomic E-state index is 12.1. The fourth-order valence-corrected chi connectivity index (χ4v) is 2.82. The van der Waals surface area contributed by atoms with Gasteiger partial charge in [-0.05, 0) is 48.5 Å². The Morgan fingerprint density at radius 2 is 1.68 bits per heavy atom. The van der Waals surface area contributed by atoms with E-state index < -0.39 is 0 Å². The van der Waals surface area contributed by atoms with E-state index in [0.717, 1.165) is 11.1 Å². The maximum Gasteiger partial charge on any atom is 0.323 e. The van der Waals surface area contributed by atoms with Gasteiger partial charge in [-0.1, -0.05) is 41.4 Å². The number of urea groups is 1. The molecule has 4 rings (SSSR count). The lowest BCUT2D eigenvalue weighted by Gasteiger charge is -2.07. The lowest BCUT2D eigenvalue weighted by atomic mass is 10.2. The van der Waals surface area contributed by atoms with Crippen LogP contribution in [0.3, 0.4) is 0 Å². The minimum atomic E-state index is -0.328. The minimum Gasteiger partial charge on any atom is -0.481 e. The molecule has 0 aliphatic heterocycles. The van der Waals surface area contributed by atoms with E-state index in [9.17, 15) is 4.79 Å². The van der Waals surface area contributed by atoms with Crippen molar-refractivity contribution in [3.63, 3.8) is 0 Å². The van der Waals surface area contributed by atoms with Gasteiger partial charge >= 0.3 is 6.03 Å². The summed E-state index contributed by atoms with van der Waals surface area (Å²) >= 11 is 0. The van der Waals surface area contributed by atoms with Crippen LogP contribution in [-0.4, -0.2) is 22.8 Å². The average molecular weight is 410 g/mol. The number of terminal acetylenes is 1. The van der Waals surface area contributed by atoms with Crippen molar-refractivity contribution in [1.29, 1.82) is 0 Å². The molecule has 7 nitrogen and oxygen atoms in total. The van der Waals surface area contributed by atoms with Crippen molar-refractivity contribution >= 4 is 17.4 Å². The standard InChI is InChI=1S/C24H18N4O3/c1-2-15-30-21-10-6-7-18(16-21)22-27-23(31-28-22)17-11-13-20(14-12-17)26-24(29)25-19-8-4-3-5-9-19/h1,3-14,16H,15H2,(H2,25,26,29). The number of nitrogens with one attached hydrogen (secondary N) is 2. The lowest BCUT2D eigenvalue weighted by Crippen LogP contribution is -2.19. The number of nitrogens with zero attached hydrogens (tertiary/aromatic N) is 2. The van der Waals surface area contributed by atoms with Gasteiger partial charge < -0.3 is 19.9 Å². The first-order chi connectivity index (χ1) is 15.2. The Morgan fingerprint density at radius 1 is 0.935 bits per heavy atom. The molecule has 152 valence electrons. The molecule has 3 aromatic carbocycles. The Bertz CT molecular complexity index is 1210. The fraction of sp³-hybridized carbons (Fsp3) is 0.0417. The van der Waals surface area contributed by atoms with E-state index in [0.29, 0.717) is 28.8 Å². The zero-order chi connectivity index (χ0) is 21.5. The number of amides is 2. The third kappa shape index (κ3) is 5.08. The van der Waals surface area contributed by atoms with Crippen LogP contribution in [0, 0.1) is 12.3 Å². The van der Waals surface area contributed by atoms with Crippen molar-refractivity contribution in [3.05, 3.63) is 78.9 Å². The predicted octanol–water partition coefficient (Wildman–Crippen LogP) is 5.06. The first kappa shape index (κ1) is 19.7. The van der Waals surface area contributed by atoms with Gasteiger partial charge in [0.25, 0.3) is 5.89 Å². The van der Waals surface area contributed by atoms with E-state index in [-0.39, 0.29) is 12.6 Å². The van der Waals surface area contributed by atoms with Gasteiger partial charge in [0, 0.05) is 22.5 Å². The second-order valence-corrected chi connectivity index (χ2v) is 6.47. The highest BCUT2D eigenvalue weighted by Gasteiger charge is 2.12. The van der Waals surface area contributed by atoms with Crippen molar-refractivity contribution in [3.8, 4) is 40.9 Å². The molecule has 2 N–H and O–H groups in total. The number of aromatic nitrogens is 2. The summed E-state index contributed by atoms with van der Waals surface area (Å²) in [4.78, 5) is 16.6. The molecular weight excluding hydrogens is 392 g/mol. The molecule has 0 saturated heterocycles. The average Bonchev–Trinajstić information content (AvgIpc) is 3.29. The Kier molecular flexibility index (Phi) is 5.91. The second-order valence-electron chi connectivity index (χ2n) is 6.47. The normalized spacial score (nSPS) is 10.2. The maximum atomic E-state index is 12.1. The molecule has 0 spiro atoms. The Balaban J connectivity index is 1.42. The summed E-state index contributed by atoms with van der Waals surface area (Å²) in [5.41, 5.74) is 2.83. The molecule has 0 unspecified atom stereocenters. The summed E-state index contributed by atoms with van der Waals surface area (Å²) in [5, 5.41) is 9.58. The zero-order valence-electron chi connectivity index (χ0n) is 16.4. The molecule has 31 heavy (non-hydrogen) atoms. The Morgan fingerprint density at radius 3 is 2.42 bits per heavy atom. The number of para-hydroxylation sites is 1. The van der Waals surface area contributed by atoms with Gasteiger partial charge in [-0.3, -0.25) is 0 Å². The van der Waals surface area contributed by atoms with Crippen LogP contribution in [0.5, 0.6) is 5.75 Å². The number of carbonyl (C=O) groups excluding carboxylic acids is 1. The highest BCUT2D eigenvalue weighted by Crippen LogP contribution is 2.25. The largest absolute Gasteiger partial charge is 0.481 e. The van der Waals surface area contributed by atoms with Crippen LogP contribution in [0.4, 0.5) is 16.2 Å². The van der Waals surface area contributed by atoms with E-state index in [1.54, 1.807) is 30.3 Å². The lowest BCUT2D eigenvalue weighted by molar-refractivity contribution is 0.262. The number of hydrogen-bond acceptors (Lipinski definition) is 5. The molecule has 0 bridgehead atoms. The van der Waals surface area contributed by atoms with E-state index in [1.807, 2.05) is 48.5 Å². The molecule has 2 amide bonds. The first-order valence-corrected chi connectivity index (χ1v) is 9.45. The summed E-state index contributed by atoms with van der Waals surface area (Å²) in [6, 6.07) is 23.3. The van der Waals surface area contributed by atoms with Crippen LogP contribution >= 0.6 is 0 Å². The van der Waals surface area contributed by atoms with Gasteiger partial charge in [-0.2, -0.15) is 4.98 Å². The molecular formula is C24H18N4O3. The van der Waals surface area contributed by atoms with Crippen LogP contribution in [0.1, 0.15) is 0 Å². The molecule has 0 saturated carbocycles. The number of anilines is 2. The van der Waals surface area contributed by atoms with Crippen molar-refractivity contribution in [2.75, 3.05) is 17.2 Å². The number of benzene rings is 3. The van der Waals surface area contributed by atoms with Crippen molar-refractivity contribution in [2.45, 2.75) is 0 Å². The molecule has 4 aromatic rings. The van der Waals surface area contributed by atoms with Crippen LogP contribution in [-0.2, 0) is 0 Å². The SMILES string of the molecule is C#CCOc1cccc(-c2noc(-c3ccc(NC(=O)Nc4ccccc4)cc3)n2)c1. The molecule has 0 aliphatic rings. The molecule has 0 aliphatic carbocycles. The molecule has 1 heterocycles. The number of rotatable bonds is 6. The van der Waals surface area contributed by atoms with Gasteiger partial charge in [-0.15, -0.1) is 6.42 Å². The van der Waals surface area contributed by atoms with Crippen molar-refractivity contribution < 1.29 is 14.1 Å². The van der Waals surface area contributed by atoms with Crippen LogP contribution in [0.2, 0.25) is 0 Å². The smallest absolute Gasteiger partial charge is 0.323 e. The van der Waals surface area contributed by atoms with E-state index in [2.05, 4.69) is 26.7 Å². The second kappa shape index (κ2) is 9.29. The van der Waals surface area contributed by atoms with E-state index >= 15 is 0 Å². The number of ether oxygens (including phenoxy) is 1. The van der Waals surface area contributed by atoms with E-state index in [1.165, 1.54) is 0 Å². The highest BCUT2D eigenvalue weighted by atomic mass is 16.5. The summed E-state index contributed by atoms with van der Waals surface area (Å²) in [5.74, 6) is 3.86. The quantitative estimate of drug-likeness (QED) is 0.434. The third-order valence-corrected chi connectivity index (χ3v) is 4.26. The Labute approximate surface area is 179 Å². The monoisotopic (exact) mass is 410 g/mol. The number of hydrogen-bond donors (Lipinski definition) is 2. The fourth-order valence-electron chi connectivity index (χ4n) is 2.82. The molecule has 0 radical (unpaired) electrons. The molecule has 0 atom stereocenters. The molecule has 7 heteroatoms. The van der Waals surface area contributed by atoms with Gasteiger partial charge in [-0.25, -0.2) is 4.79 Å². The van der Waals surface area contributed by atoms with E-state index in [4.69, 9.17) is 15.7 Å².